The fourth-order valence-corrected chi connectivity index (χ4v) is 3.83. The van der Waals surface area contributed by atoms with Crippen molar-refractivity contribution in [3.63, 3.8) is 0 Å². The number of aliphatic hydroxyl groups is 1. The van der Waals surface area contributed by atoms with Gasteiger partial charge in [0.2, 0.25) is 0 Å². The largest absolute Gasteiger partial charge is 0.369 e. The summed E-state index contributed by atoms with van der Waals surface area (Å²) in [5, 5.41) is 12.7. The Morgan fingerprint density at radius 1 is 1.38 bits per heavy atom. The van der Waals surface area contributed by atoms with Crippen LogP contribution in [0, 0.1) is 18.3 Å². The maximum atomic E-state index is 13.0. The van der Waals surface area contributed by atoms with Crippen LogP contribution in [0.2, 0.25) is 0 Å². The first-order valence-electron chi connectivity index (χ1n) is 5.89. The molecule has 1 aliphatic carbocycles. The van der Waals surface area contributed by atoms with Gasteiger partial charge in [0, 0.05) is 5.25 Å². The van der Waals surface area contributed by atoms with Gasteiger partial charge < -0.3 is 5.11 Å². The molecular weight excluding hydrogens is 225 g/mol. The van der Waals surface area contributed by atoms with Crippen molar-refractivity contribution in [2.45, 2.75) is 55.1 Å². The summed E-state index contributed by atoms with van der Waals surface area (Å²) < 4.78 is 13.0. The van der Waals surface area contributed by atoms with Gasteiger partial charge in [0.15, 0.2) is 5.56 Å². The van der Waals surface area contributed by atoms with E-state index in [4.69, 9.17) is 6.42 Å². The molecule has 1 saturated carbocycles. The molecule has 0 bridgehead atoms. The summed E-state index contributed by atoms with van der Waals surface area (Å²) in [6.07, 6.45) is 9.13. The predicted molar refractivity (Wildman–Crippen MR) is 64.6 cm³/mol. The standard InChI is InChI=1S/C12H18FNOS/c1-2-10-11(16-12(15)14-10)7-8-3-5-9(13)6-4-8/h1,8-12,14-15H,3-7H2. The average Bonchev–Trinajstić information content (AvgIpc) is 2.62. The molecule has 1 saturated heterocycles. The van der Waals surface area contributed by atoms with E-state index in [-0.39, 0.29) is 11.3 Å². The first-order valence-corrected chi connectivity index (χ1v) is 6.83. The average molecular weight is 243 g/mol. The zero-order valence-electron chi connectivity index (χ0n) is 9.23. The van der Waals surface area contributed by atoms with Crippen LogP contribution in [0.1, 0.15) is 32.1 Å². The smallest absolute Gasteiger partial charge is 0.154 e. The molecule has 0 aromatic rings. The van der Waals surface area contributed by atoms with Gasteiger partial charge in [0.25, 0.3) is 0 Å². The summed E-state index contributed by atoms with van der Waals surface area (Å²) in [6.45, 7) is 0. The molecule has 1 aliphatic heterocycles. The Labute approximate surface area is 100 Å². The molecular formula is C12H18FNOS. The zero-order chi connectivity index (χ0) is 11.5. The molecule has 2 rings (SSSR count). The molecule has 1 heterocycles. The van der Waals surface area contributed by atoms with Crippen LogP contribution in [0.4, 0.5) is 4.39 Å². The lowest BCUT2D eigenvalue weighted by Crippen LogP contribution is -2.33. The Bertz CT molecular complexity index is 273. The molecule has 0 radical (unpaired) electrons. The van der Waals surface area contributed by atoms with E-state index < -0.39 is 11.7 Å². The van der Waals surface area contributed by atoms with E-state index in [1.807, 2.05) is 0 Å². The molecule has 0 aromatic carbocycles. The van der Waals surface area contributed by atoms with Crippen LogP contribution >= 0.6 is 11.8 Å². The topological polar surface area (TPSA) is 32.3 Å². The second kappa shape index (κ2) is 5.39. The summed E-state index contributed by atoms with van der Waals surface area (Å²) >= 11 is 1.50. The molecule has 16 heavy (non-hydrogen) atoms. The molecule has 2 N–H and O–H groups in total. The molecule has 3 atom stereocenters. The van der Waals surface area contributed by atoms with Crippen LogP contribution in [0.5, 0.6) is 0 Å². The van der Waals surface area contributed by atoms with Gasteiger partial charge in [-0.05, 0) is 38.0 Å². The third-order valence-corrected chi connectivity index (χ3v) is 4.73. The van der Waals surface area contributed by atoms with Crippen LogP contribution < -0.4 is 5.32 Å². The lowest BCUT2D eigenvalue weighted by atomic mass is 9.84. The summed E-state index contributed by atoms with van der Waals surface area (Å²) in [7, 11) is 0. The third kappa shape index (κ3) is 2.91. The third-order valence-electron chi connectivity index (χ3n) is 3.52. The Kier molecular flexibility index (Phi) is 4.12. The van der Waals surface area contributed by atoms with Crippen molar-refractivity contribution in [1.82, 2.24) is 5.32 Å². The van der Waals surface area contributed by atoms with Crippen LogP contribution in [-0.2, 0) is 0 Å². The number of halogens is 1. The monoisotopic (exact) mass is 243 g/mol. The summed E-state index contributed by atoms with van der Waals surface area (Å²) in [6, 6.07) is -0.0388. The minimum Gasteiger partial charge on any atom is -0.369 e. The number of aliphatic hydroxyl groups excluding tert-OH is 1. The van der Waals surface area contributed by atoms with Gasteiger partial charge in [0.05, 0.1) is 6.04 Å². The summed E-state index contributed by atoms with van der Waals surface area (Å²) in [5.41, 5.74) is -0.538. The van der Waals surface area contributed by atoms with Gasteiger partial charge in [-0.15, -0.1) is 18.2 Å². The molecule has 0 amide bonds. The van der Waals surface area contributed by atoms with E-state index in [9.17, 15) is 9.50 Å². The lowest BCUT2D eigenvalue weighted by Gasteiger charge is -2.26. The Morgan fingerprint density at radius 3 is 2.69 bits per heavy atom. The highest BCUT2D eigenvalue weighted by Crippen LogP contribution is 2.36. The van der Waals surface area contributed by atoms with Crippen molar-refractivity contribution in [2.24, 2.45) is 5.92 Å². The quantitative estimate of drug-likeness (QED) is 0.726. The number of thioether (sulfide) groups is 1. The van der Waals surface area contributed by atoms with Crippen molar-refractivity contribution in [1.29, 1.82) is 0 Å². The number of rotatable bonds is 2. The van der Waals surface area contributed by atoms with E-state index in [0.717, 1.165) is 19.3 Å². The van der Waals surface area contributed by atoms with Crippen molar-refractivity contribution in [3.05, 3.63) is 0 Å². The van der Waals surface area contributed by atoms with Gasteiger partial charge in [0.1, 0.15) is 6.17 Å². The van der Waals surface area contributed by atoms with E-state index in [1.54, 1.807) is 0 Å². The van der Waals surface area contributed by atoms with Crippen molar-refractivity contribution in [2.75, 3.05) is 0 Å². The molecule has 0 aromatic heterocycles. The molecule has 2 aliphatic rings. The molecule has 3 unspecified atom stereocenters. The van der Waals surface area contributed by atoms with E-state index in [1.165, 1.54) is 11.8 Å². The fraction of sp³-hybridized carbons (Fsp3) is 0.833. The van der Waals surface area contributed by atoms with Gasteiger partial charge in [-0.3, -0.25) is 5.32 Å². The van der Waals surface area contributed by atoms with Crippen LogP contribution in [0.25, 0.3) is 0 Å². The number of terminal acetylenes is 1. The fourth-order valence-electron chi connectivity index (χ4n) is 2.58. The molecule has 4 heteroatoms. The van der Waals surface area contributed by atoms with Crippen molar-refractivity contribution in [3.8, 4) is 12.3 Å². The van der Waals surface area contributed by atoms with E-state index >= 15 is 0 Å². The summed E-state index contributed by atoms with van der Waals surface area (Å²) in [5.74, 6) is 3.25. The Hall–Kier alpha value is -0.240. The Morgan fingerprint density at radius 2 is 2.06 bits per heavy atom. The van der Waals surface area contributed by atoms with Crippen molar-refractivity contribution >= 4 is 11.8 Å². The van der Waals surface area contributed by atoms with Gasteiger partial charge in [-0.1, -0.05) is 5.92 Å². The molecule has 2 fully saturated rings. The summed E-state index contributed by atoms with van der Waals surface area (Å²) in [4.78, 5) is 0. The maximum Gasteiger partial charge on any atom is 0.154 e. The van der Waals surface area contributed by atoms with Gasteiger partial charge >= 0.3 is 0 Å². The molecule has 2 nitrogen and oxygen atoms in total. The van der Waals surface area contributed by atoms with E-state index in [0.29, 0.717) is 18.8 Å². The van der Waals surface area contributed by atoms with Crippen LogP contribution in [0.3, 0.4) is 0 Å². The molecule has 0 spiro atoms. The second-order valence-corrected chi connectivity index (χ2v) is 6.02. The maximum absolute atomic E-state index is 13.0. The van der Waals surface area contributed by atoms with Crippen LogP contribution in [-0.4, -0.2) is 28.1 Å². The lowest BCUT2D eigenvalue weighted by molar-refractivity contribution is 0.198. The normalized spacial score (nSPS) is 44.2. The van der Waals surface area contributed by atoms with Crippen LogP contribution in [0.15, 0.2) is 0 Å². The minimum atomic E-state index is -0.598. The number of nitrogens with one attached hydrogen (secondary N) is 1. The highest BCUT2D eigenvalue weighted by atomic mass is 32.2. The molecule has 90 valence electrons. The SMILES string of the molecule is C#CC1NC(O)SC1CC1CCC(F)CC1. The van der Waals surface area contributed by atoms with E-state index in [2.05, 4.69) is 11.2 Å². The number of hydrogen-bond acceptors (Lipinski definition) is 3. The van der Waals surface area contributed by atoms with Gasteiger partial charge in [-0.25, -0.2) is 4.39 Å². The minimum absolute atomic E-state index is 0.0388. The first-order chi connectivity index (χ1) is 7.69. The number of hydrogen-bond donors (Lipinski definition) is 2. The van der Waals surface area contributed by atoms with Crippen molar-refractivity contribution < 1.29 is 9.50 Å². The Balaban J connectivity index is 1.83. The predicted octanol–water partition coefficient (Wildman–Crippen LogP) is 1.89. The zero-order valence-corrected chi connectivity index (χ0v) is 10.0. The second-order valence-electron chi connectivity index (χ2n) is 4.69. The van der Waals surface area contributed by atoms with Gasteiger partial charge in [-0.2, -0.15) is 0 Å². The first kappa shape index (κ1) is 12.2. The highest BCUT2D eigenvalue weighted by Gasteiger charge is 2.34. The number of alkyl halides is 1. The highest BCUT2D eigenvalue weighted by molar-refractivity contribution is 8.00.